The Morgan fingerprint density at radius 2 is 2.14 bits per heavy atom. The predicted molar refractivity (Wildman–Crippen MR) is 70.3 cm³/mol. The van der Waals surface area contributed by atoms with E-state index in [1.54, 1.807) is 13.0 Å². The van der Waals surface area contributed by atoms with Gasteiger partial charge in [-0.05, 0) is 24.6 Å². The molecule has 0 aliphatic rings. The predicted octanol–water partition coefficient (Wildman–Crippen LogP) is 1.71. The zero-order chi connectivity index (χ0) is 15.6. The Hall–Kier alpha value is -2.51. The van der Waals surface area contributed by atoms with Crippen LogP contribution in [0, 0.1) is 6.92 Å². The monoisotopic (exact) mass is 297 g/mol. The van der Waals surface area contributed by atoms with E-state index in [2.05, 4.69) is 15.5 Å². The molecule has 1 amide bonds. The molecule has 1 aromatic heterocycles. The van der Waals surface area contributed by atoms with Crippen LogP contribution in [0.25, 0.3) is 10.9 Å². The first-order chi connectivity index (χ1) is 9.88. The Morgan fingerprint density at radius 3 is 2.76 bits per heavy atom. The normalized spacial score (nSPS) is 12.6. The molecule has 2 rings (SSSR count). The lowest BCUT2D eigenvalue weighted by Crippen LogP contribution is -2.42. The molecule has 1 aromatic carbocycles. The van der Waals surface area contributed by atoms with Crippen molar-refractivity contribution in [3.63, 3.8) is 0 Å². The van der Waals surface area contributed by atoms with Gasteiger partial charge in [-0.1, -0.05) is 0 Å². The highest BCUT2D eigenvalue weighted by atomic mass is 19.3. The molecule has 0 aliphatic carbocycles. The van der Waals surface area contributed by atoms with Crippen molar-refractivity contribution in [2.75, 3.05) is 0 Å². The molecule has 0 fully saturated rings. The van der Waals surface area contributed by atoms with Gasteiger partial charge in [-0.3, -0.25) is 9.89 Å². The minimum atomic E-state index is -2.82. The Morgan fingerprint density at radius 1 is 1.43 bits per heavy atom. The summed E-state index contributed by atoms with van der Waals surface area (Å²) in [6.07, 6.45) is -2.25. The van der Waals surface area contributed by atoms with Gasteiger partial charge in [-0.2, -0.15) is 5.10 Å². The molecule has 2 aromatic rings. The molecule has 0 saturated carbocycles. The number of hydrogen-bond donors (Lipinski definition) is 3. The van der Waals surface area contributed by atoms with Gasteiger partial charge in [0.05, 0.1) is 17.3 Å². The van der Waals surface area contributed by atoms with Gasteiger partial charge in [0.2, 0.25) is 6.43 Å². The van der Waals surface area contributed by atoms with Gasteiger partial charge in [-0.25, -0.2) is 13.6 Å². The summed E-state index contributed by atoms with van der Waals surface area (Å²) in [7, 11) is 0. The fraction of sp³-hybridized carbons (Fsp3) is 0.308. The first-order valence-corrected chi connectivity index (χ1v) is 6.14. The molecule has 8 heteroatoms. The van der Waals surface area contributed by atoms with Gasteiger partial charge in [0.15, 0.2) is 0 Å². The van der Waals surface area contributed by atoms with Crippen molar-refractivity contribution in [3.8, 4) is 0 Å². The number of H-pyrrole nitrogens is 1. The molecule has 21 heavy (non-hydrogen) atoms. The number of rotatable bonds is 5. The van der Waals surface area contributed by atoms with Gasteiger partial charge in [0.25, 0.3) is 5.91 Å². The quantitative estimate of drug-likeness (QED) is 0.783. The van der Waals surface area contributed by atoms with Crippen molar-refractivity contribution in [2.45, 2.75) is 25.8 Å². The molecule has 1 atom stereocenters. The van der Waals surface area contributed by atoms with Crippen molar-refractivity contribution in [1.82, 2.24) is 15.5 Å². The number of carbonyl (C=O) groups is 2. The minimum absolute atomic E-state index is 0.169. The maximum Gasteiger partial charge on any atom is 0.326 e. The van der Waals surface area contributed by atoms with E-state index in [1.165, 1.54) is 12.3 Å². The standard InChI is InChI=1S/C13H13F2N3O3/c1-6-2-7-5-16-18-11(7)8(3-6)12(19)17-9(13(20)21)4-10(14)15/h2-3,5,9-10H,4H2,1H3,(H,16,18)(H,17,19)(H,20,21). The van der Waals surface area contributed by atoms with Crippen LogP contribution in [0.4, 0.5) is 8.78 Å². The van der Waals surface area contributed by atoms with Crippen molar-refractivity contribution >= 4 is 22.8 Å². The lowest BCUT2D eigenvalue weighted by Gasteiger charge is -2.14. The van der Waals surface area contributed by atoms with Gasteiger partial charge >= 0.3 is 5.97 Å². The van der Waals surface area contributed by atoms with Crippen molar-refractivity contribution in [3.05, 3.63) is 29.5 Å². The van der Waals surface area contributed by atoms with Crippen LogP contribution in [0.5, 0.6) is 0 Å². The van der Waals surface area contributed by atoms with Crippen LogP contribution in [0.2, 0.25) is 0 Å². The third-order valence-electron chi connectivity index (χ3n) is 2.96. The molecule has 0 bridgehead atoms. The van der Waals surface area contributed by atoms with Gasteiger partial charge < -0.3 is 10.4 Å². The van der Waals surface area contributed by atoms with Crippen LogP contribution in [0.15, 0.2) is 18.3 Å². The second kappa shape index (κ2) is 5.86. The summed E-state index contributed by atoms with van der Waals surface area (Å²) in [4.78, 5) is 23.1. The number of aryl methyl sites for hydroxylation is 1. The fourth-order valence-electron chi connectivity index (χ4n) is 2.02. The zero-order valence-electron chi connectivity index (χ0n) is 11.1. The number of hydrogen-bond acceptors (Lipinski definition) is 3. The van der Waals surface area contributed by atoms with Crippen LogP contribution in [-0.2, 0) is 4.79 Å². The van der Waals surface area contributed by atoms with E-state index in [-0.39, 0.29) is 5.56 Å². The van der Waals surface area contributed by atoms with Gasteiger partial charge in [0, 0.05) is 11.8 Å². The van der Waals surface area contributed by atoms with Crippen LogP contribution in [0.1, 0.15) is 22.3 Å². The minimum Gasteiger partial charge on any atom is -0.480 e. The number of carbonyl (C=O) groups excluding carboxylic acids is 1. The Balaban J connectivity index is 2.29. The largest absolute Gasteiger partial charge is 0.480 e. The third kappa shape index (κ3) is 3.33. The van der Waals surface area contributed by atoms with Gasteiger partial charge in [-0.15, -0.1) is 0 Å². The topological polar surface area (TPSA) is 95.1 Å². The summed E-state index contributed by atoms with van der Waals surface area (Å²) in [5, 5.41) is 18.1. The first-order valence-electron chi connectivity index (χ1n) is 6.14. The van der Waals surface area contributed by atoms with E-state index >= 15 is 0 Å². The highest BCUT2D eigenvalue weighted by molar-refractivity contribution is 6.06. The van der Waals surface area contributed by atoms with E-state index < -0.39 is 30.8 Å². The number of aromatic nitrogens is 2. The molecule has 1 unspecified atom stereocenters. The van der Waals surface area contributed by atoms with E-state index in [1.807, 2.05) is 0 Å². The average molecular weight is 297 g/mol. The number of nitrogens with one attached hydrogen (secondary N) is 2. The molecule has 112 valence electrons. The highest BCUT2D eigenvalue weighted by Crippen LogP contribution is 2.19. The average Bonchev–Trinajstić information content (AvgIpc) is 2.83. The summed E-state index contributed by atoms with van der Waals surface area (Å²) in [5.41, 5.74) is 1.37. The second-order valence-corrected chi connectivity index (χ2v) is 4.64. The molecule has 0 radical (unpaired) electrons. The Labute approximate surface area is 118 Å². The number of halogens is 2. The number of fused-ring (bicyclic) bond motifs is 1. The number of nitrogens with zero attached hydrogens (tertiary/aromatic N) is 1. The van der Waals surface area contributed by atoms with E-state index in [0.717, 1.165) is 5.56 Å². The molecule has 0 spiro atoms. The molecule has 0 saturated heterocycles. The summed E-state index contributed by atoms with van der Waals surface area (Å²) in [5.74, 6) is -2.24. The maximum atomic E-state index is 12.3. The number of benzene rings is 1. The fourth-order valence-corrected chi connectivity index (χ4v) is 2.02. The lowest BCUT2D eigenvalue weighted by atomic mass is 10.1. The Kier molecular flexibility index (Phi) is 4.15. The first kappa shape index (κ1) is 14.9. The number of carboxylic acid groups (broad SMARTS) is 1. The number of carboxylic acids is 1. The molecule has 0 aliphatic heterocycles. The van der Waals surface area contributed by atoms with E-state index in [0.29, 0.717) is 10.9 Å². The third-order valence-corrected chi connectivity index (χ3v) is 2.96. The van der Waals surface area contributed by atoms with Crippen LogP contribution in [-0.4, -0.2) is 39.6 Å². The second-order valence-electron chi connectivity index (χ2n) is 4.64. The van der Waals surface area contributed by atoms with E-state index in [4.69, 9.17) is 5.11 Å². The summed E-state index contributed by atoms with van der Waals surface area (Å²) in [6.45, 7) is 1.76. The van der Waals surface area contributed by atoms with Crippen LogP contribution >= 0.6 is 0 Å². The lowest BCUT2D eigenvalue weighted by molar-refractivity contribution is -0.140. The Bertz CT molecular complexity index is 684. The summed E-state index contributed by atoms with van der Waals surface area (Å²) >= 11 is 0. The molecular formula is C13H13F2N3O3. The van der Waals surface area contributed by atoms with Crippen LogP contribution < -0.4 is 5.32 Å². The molecular weight excluding hydrogens is 284 g/mol. The SMILES string of the molecule is Cc1cc(C(=O)NC(CC(F)F)C(=O)O)c2[nH]ncc2c1. The zero-order valence-corrected chi connectivity index (χ0v) is 11.1. The maximum absolute atomic E-state index is 12.3. The molecule has 6 nitrogen and oxygen atoms in total. The number of amides is 1. The molecule has 1 heterocycles. The highest BCUT2D eigenvalue weighted by Gasteiger charge is 2.25. The smallest absolute Gasteiger partial charge is 0.326 e. The van der Waals surface area contributed by atoms with Crippen molar-refractivity contribution in [2.24, 2.45) is 0 Å². The summed E-state index contributed by atoms with van der Waals surface area (Å²) in [6, 6.07) is 1.69. The van der Waals surface area contributed by atoms with Gasteiger partial charge in [0.1, 0.15) is 6.04 Å². The number of aromatic amines is 1. The van der Waals surface area contributed by atoms with E-state index in [9.17, 15) is 18.4 Å². The number of alkyl halides is 2. The summed E-state index contributed by atoms with van der Waals surface area (Å²) < 4.78 is 24.7. The molecule has 3 N–H and O–H groups in total. The van der Waals surface area contributed by atoms with Crippen molar-refractivity contribution < 1.29 is 23.5 Å². The number of aliphatic carboxylic acids is 1. The van der Waals surface area contributed by atoms with Crippen LogP contribution in [0.3, 0.4) is 0 Å². The van der Waals surface area contributed by atoms with Crippen molar-refractivity contribution in [1.29, 1.82) is 0 Å².